The van der Waals surface area contributed by atoms with Crippen molar-refractivity contribution in [3.63, 3.8) is 0 Å². The molecule has 4 rings (SSSR count). The summed E-state index contributed by atoms with van der Waals surface area (Å²) >= 11 is 0. The highest BCUT2D eigenvalue weighted by Crippen LogP contribution is 2.46. The van der Waals surface area contributed by atoms with Crippen molar-refractivity contribution in [2.24, 2.45) is 16.0 Å². The molecule has 2 aromatic rings. The lowest BCUT2D eigenvalue weighted by molar-refractivity contribution is -0.386. The molecule has 0 bridgehead atoms. The van der Waals surface area contributed by atoms with Crippen LogP contribution < -0.4 is 30.7 Å². The number of carbonyl (C=O) groups excluding carboxylic acids is 3. The van der Waals surface area contributed by atoms with Gasteiger partial charge in [-0.2, -0.15) is 8.42 Å². The summed E-state index contributed by atoms with van der Waals surface area (Å²) in [6, 6.07) is 0. The molecule has 2 aromatic carbocycles. The Bertz CT molecular complexity index is 1810. The number of nitrogens with zero attached hydrogens (tertiary/aromatic N) is 2. The normalized spacial score (nSPS) is 13.8. The molecule has 14 nitrogen and oxygen atoms in total. The highest BCUT2D eigenvalue weighted by atomic mass is 32.2. The van der Waals surface area contributed by atoms with Gasteiger partial charge in [0.2, 0.25) is 17.7 Å². The zero-order valence-corrected chi connectivity index (χ0v) is 31.3. The Labute approximate surface area is 289 Å². The third-order valence-electron chi connectivity index (χ3n) is 8.75. The molecule has 0 radical (unpaired) electrons. The van der Waals surface area contributed by atoms with Crippen molar-refractivity contribution >= 4 is 62.1 Å². The topological polar surface area (TPSA) is 206 Å². The number of nitrogens with two attached hydrogens (primary N) is 1. The van der Waals surface area contributed by atoms with E-state index in [1.54, 1.807) is 53.4 Å². The molecule has 0 aromatic heterocycles. The van der Waals surface area contributed by atoms with E-state index in [0.29, 0.717) is 64.4 Å². The molecule has 2 aliphatic heterocycles. The van der Waals surface area contributed by atoms with Gasteiger partial charge in [0, 0.05) is 35.9 Å². The van der Waals surface area contributed by atoms with Gasteiger partial charge in [-0.3, -0.25) is 29.2 Å². The number of benzene rings is 2. The third kappa shape index (κ3) is 8.50. The average Bonchev–Trinajstić information content (AvgIpc) is 3.63. The molecule has 2 aliphatic rings. The van der Waals surface area contributed by atoms with E-state index in [2.05, 4.69) is 20.7 Å². The van der Waals surface area contributed by atoms with E-state index in [4.69, 9.17) is 5.14 Å². The molecular weight excluding hydrogens is 650 g/mol. The fraction of sp³-hybridized carbons (Fsp3) is 0.559. The van der Waals surface area contributed by atoms with Gasteiger partial charge in [-0.05, 0) is 69.2 Å². The van der Waals surface area contributed by atoms with Crippen molar-refractivity contribution in [3.8, 4) is 0 Å². The quantitative estimate of drug-likeness (QED) is 0.177. The number of hydrogen-bond acceptors (Lipinski definition) is 8. The van der Waals surface area contributed by atoms with Crippen LogP contribution in [0.1, 0.15) is 94.7 Å². The predicted molar refractivity (Wildman–Crippen MR) is 195 cm³/mol. The summed E-state index contributed by atoms with van der Waals surface area (Å²) in [5, 5.41) is 25.6. The summed E-state index contributed by atoms with van der Waals surface area (Å²) in [5.41, 5.74) is 5.90. The summed E-state index contributed by atoms with van der Waals surface area (Å²) in [4.78, 5) is 50.3. The van der Waals surface area contributed by atoms with Gasteiger partial charge in [-0.1, -0.05) is 48.5 Å². The molecule has 0 aliphatic carbocycles. The predicted octanol–water partition coefficient (Wildman–Crippen LogP) is 5.76. The van der Waals surface area contributed by atoms with Crippen LogP contribution in [0, 0.1) is 48.6 Å². The number of amides is 3. The molecule has 2 heterocycles. The van der Waals surface area contributed by atoms with Gasteiger partial charge in [0.15, 0.2) is 0 Å². The summed E-state index contributed by atoms with van der Waals surface area (Å²) in [7, 11) is -3.99. The number of anilines is 5. The third-order valence-corrected chi connectivity index (χ3v) is 9.24. The van der Waals surface area contributed by atoms with Crippen molar-refractivity contribution in [1.29, 1.82) is 0 Å². The van der Waals surface area contributed by atoms with Crippen molar-refractivity contribution in [2.45, 2.75) is 102 Å². The van der Waals surface area contributed by atoms with Crippen LogP contribution in [0.25, 0.3) is 0 Å². The minimum atomic E-state index is -3.99. The minimum absolute atomic E-state index is 0.0153. The van der Waals surface area contributed by atoms with Gasteiger partial charge in [-0.25, -0.2) is 5.14 Å². The lowest BCUT2D eigenvalue weighted by Crippen LogP contribution is -2.32. The summed E-state index contributed by atoms with van der Waals surface area (Å²) in [5.74, 6) is -0.392. The highest BCUT2D eigenvalue weighted by Gasteiger charge is 2.34. The van der Waals surface area contributed by atoms with E-state index in [9.17, 15) is 32.9 Å². The molecule has 0 saturated carbocycles. The zero-order chi connectivity index (χ0) is 37.4. The lowest BCUT2D eigenvalue weighted by Gasteiger charge is -2.27. The van der Waals surface area contributed by atoms with Crippen LogP contribution in [0.3, 0.4) is 0 Å². The van der Waals surface area contributed by atoms with Gasteiger partial charge in [0.1, 0.15) is 0 Å². The van der Waals surface area contributed by atoms with Crippen LogP contribution in [0.5, 0.6) is 0 Å². The van der Waals surface area contributed by atoms with Crippen molar-refractivity contribution in [2.75, 3.05) is 38.7 Å². The van der Waals surface area contributed by atoms with Gasteiger partial charge >= 0.3 is 0 Å². The van der Waals surface area contributed by atoms with E-state index in [1.165, 1.54) is 0 Å². The first-order valence-electron chi connectivity index (χ1n) is 16.4. The standard InChI is InChI=1S/C19H30N4O4S.C15H21N3O3/c1-7-8-14(24)23-10-9-13-11(2)15(22-28(20,26)27)12(3)16(17(13)23)21-18(25)19(4,5)6;1-8-10-6-7-16-12(10)11(9(2)13(8)18(20)21)17-14(19)15(3,4)5/h22H,7-10H2,1-6H3,(H,21,25)(H2,20,26,27);16H,6-7H2,1-5H3,(H,17,19). The van der Waals surface area contributed by atoms with Crippen LogP contribution in [-0.4, -0.2) is 44.2 Å². The largest absolute Gasteiger partial charge is 0.383 e. The zero-order valence-electron chi connectivity index (χ0n) is 30.5. The maximum atomic E-state index is 12.7. The van der Waals surface area contributed by atoms with Gasteiger partial charge in [0.05, 0.1) is 38.9 Å². The molecular formula is C34H51N7O7S. The Morgan fingerprint density at radius 3 is 1.90 bits per heavy atom. The number of fused-ring (bicyclic) bond motifs is 2. The Morgan fingerprint density at radius 1 is 0.857 bits per heavy atom. The molecule has 0 unspecified atom stereocenters. The Kier molecular flexibility index (Phi) is 11.5. The molecule has 3 amide bonds. The molecule has 0 atom stereocenters. The molecule has 15 heteroatoms. The number of hydrogen-bond donors (Lipinski definition) is 5. The van der Waals surface area contributed by atoms with E-state index >= 15 is 0 Å². The summed E-state index contributed by atoms with van der Waals surface area (Å²) < 4.78 is 25.7. The first-order chi connectivity index (χ1) is 22.4. The smallest absolute Gasteiger partial charge is 0.296 e. The number of nitro benzene ring substituents is 1. The Morgan fingerprint density at radius 2 is 1.41 bits per heavy atom. The SMILES string of the molecule is CCCC(=O)N1CCc2c(C)c(NS(N)(=O)=O)c(C)c(NC(=O)C(C)(C)C)c21.Cc1c2c(c(NC(=O)C(C)(C)C)c(C)c1[N+](=O)[O-])NCC2. The molecule has 270 valence electrons. The van der Waals surface area contributed by atoms with Crippen molar-refractivity contribution < 1.29 is 27.7 Å². The second-order valence-electron chi connectivity index (χ2n) is 14.7. The second-order valence-corrected chi connectivity index (χ2v) is 16.0. The van der Waals surface area contributed by atoms with E-state index in [1.807, 2.05) is 27.7 Å². The van der Waals surface area contributed by atoms with Gasteiger partial charge in [0.25, 0.3) is 15.9 Å². The molecule has 0 saturated heterocycles. The summed E-state index contributed by atoms with van der Waals surface area (Å²) in [6.45, 7) is 20.9. The van der Waals surface area contributed by atoms with Gasteiger partial charge < -0.3 is 20.9 Å². The van der Waals surface area contributed by atoms with Gasteiger partial charge in [-0.15, -0.1) is 0 Å². The van der Waals surface area contributed by atoms with Crippen molar-refractivity contribution in [3.05, 3.63) is 43.5 Å². The maximum absolute atomic E-state index is 12.7. The fourth-order valence-electron chi connectivity index (χ4n) is 5.97. The molecule has 0 fully saturated rings. The maximum Gasteiger partial charge on any atom is 0.296 e. The molecule has 6 N–H and O–H groups in total. The molecule has 49 heavy (non-hydrogen) atoms. The first kappa shape index (κ1) is 39.2. The Hall–Kier alpha value is -4.24. The summed E-state index contributed by atoms with van der Waals surface area (Å²) in [6.07, 6.45) is 2.44. The highest BCUT2D eigenvalue weighted by molar-refractivity contribution is 7.90. The van der Waals surface area contributed by atoms with Crippen LogP contribution >= 0.6 is 0 Å². The lowest BCUT2D eigenvalue weighted by atomic mass is 9.94. The number of carbonyl (C=O) groups is 3. The van der Waals surface area contributed by atoms with E-state index < -0.39 is 21.0 Å². The van der Waals surface area contributed by atoms with Crippen LogP contribution in [-0.2, 0) is 37.4 Å². The van der Waals surface area contributed by atoms with E-state index in [0.717, 1.165) is 36.2 Å². The average molecular weight is 702 g/mol. The first-order valence-corrected chi connectivity index (χ1v) is 17.9. The monoisotopic (exact) mass is 701 g/mol. The minimum Gasteiger partial charge on any atom is -0.383 e. The van der Waals surface area contributed by atoms with E-state index in [-0.39, 0.29) is 28.3 Å². The van der Waals surface area contributed by atoms with Crippen molar-refractivity contribution in [1.82, 2.24) is 0 Å². The second kappa shape index (κ2) is 14.3. The number of rotatable bonds is 7. The molecule has 0 spiro atoms. The fourth-order valence-corrected chi connectivity index (χ4v) is 6.56. The van der Waals surface area contributed by atoms with Crippen LogP contribution in [0.15, 0.2) is 0 Å². The van der Waals surface area contributed by atoms with Crippen LogP contribution in [0.2, 0.25) is 0 Å². The Balaban J connectivity index is 0.000000276. The number of nitro groups is 1. The van der Waals surface area contributed by atoms with Crippen LogP contribution in [0.4, 0.5) is 34.1 Å². The number of nitrogens with one attached hydrogen (secondary N) is 4.